The first-order valence-corrected chi connectivity index (χ1v) is 8.35. The van der Waals surface area contributed by atoms with Crippen LogP contribution in [0, 0.1) is 0 Å². The fourth-order valence-electron chi connectivity index (χ4n) is 3.29. The van der Waals surface area contributed by atoms with Crippen LogP contribution in [-0.4, -0.2) is 52.0 Å². The number of aromatic carboxylic acids is 1. The van der Waals surface area contributed by atoms with Crippen LogP contribution in [0.15, 0.2) is 24.3 Å². The number of rotatable bonds is 4. The summed E-state index contributed by atoms with van der Waals surface area (Å²) in [7, 11) is 0. The van der Waals surface area contributed by atoms with Gasteiger partial charge in [0.25, 0.3) is 5.91 Å². The summed E-state index contributed by atoms with van der Waals surface area (Å²) in [5.41, 5.74) is 1.27. The molecule has 0 radical (unpaired) electrons. The summed E-state index contributed by atoms with van der Waals surface area (Å²) in [5.74, 6) is -1.17. The van der Waals surface area contributed by atoms with Crippen LogP contribution >= 0.6 is 0 Å². The average Bonchev–Trinajstić information content (AvgIpc) is 2.99. The number of amides is 1. The van der Waals surface area contributed by atoms with Crippen molar-refractivity contribution in [2.24, 2.45) is 0 Å². The molecule has 1 aliphatic heterocycles. The van der Waals surface area contributed by atoms with E-state index in [1.165, 1.54) is 0 Å². The van der Waals surface area contributed by atoms with Crippen molar-refractivity contribution in [2.45, 2.75) is 38.8 Å². The lowest BCUT2D eigenvalue weighted by Gasteiger charge is -2.34. The molecule has 1 aromatic carbocycles. The normalized spacial score (nSPS) is 16.6. The Kier molecular flexibility index (Phi) is 4.57. The van der Waals surface area contributed by atoms with E-state index in [9.17, 15) is 14.7 Å². The van der Waals surface area contributed by atoms with Crippen molar-refractivity contribution in [2.75, 3.05) is 13.1 Å². The number of H-pyrrole nitrogens is 1. The van der Waals surface area contributed by atoms with E-state index in [2.05, 4.69) is 29.0 Å². The number of nitrogens with zero attached hydrogens (tertiary/aromatic N) is 1. The molecule has 6 nitrogen and oxygen atoms in total. The number of carboxylic acids is 1. The van der Waals surface area contributed by atoms with E-state index >= 15 is 0 Å². The standard InChI is InChI=1S/C18H23N3O3/c1-11(2)21-8-6-12(7-9-21)19-17(22)16-10-14-13(18(23)24)4-3-5-15(14)20-16/h3-5,10-12,20H,6-9H2,1-2H3,(H,19,22)(H,23,24). The van der Waals surface area contributed by atoms with Gasteiger partial charge >= 0.3 is 5.97 Å². The number of hydrogen-bond acceptors (Lipinski definition) is 3. The quantitative estimate of drug-likeness (QED) is 0.804. The zero-order valence-electron chi connectivity index (χ0n) is 14.0. The number of nitrogens with one attached hydrogen (secondary N) is 2. The van der Waals surface area contributed by atoms with Gasteiger partial charge in [0.2, 0.25) is 0 Å². The first-order valence-electron chi connectivity index (χ1n) is 8.35. The fraction of sp³-hybridized carbons (Fsp3) is 0.444. The van der Waals surface area contributed by atoms with E-state index in [1.807, 2.05) is 0 Å². The Bertz CT molecular complexity index is 758. The maximum absolute atomic E-state index is 12.5. The molecule has 3 rings (SSSR count). The van der Waals surface area contributed by atoms with Crippen LogP contribution in [0.25, 0.3) is 10.9 Å². The predicted octanol–water partition coefficient (Wildman–Crippen LogP) is 2.47. The Morgan fingerprint density at radius 2 is 2.00 bits per heavy atom. The first kappa shape index (κ1) is 16.5. The number of carboxylic acid groups (broad SMARTS) is 1. The number of likely N-dealkylation sites (tertiary alicyclic amines) is 1. The Labute approximate surface area is 140 Å². The minimum atomic E-state index is -0.993. The number of aromatic amines is 1. The van der Waals surface area contributed by atoms with Gasteiger partial charge in [-0.1, -0.05) is 6.07 Å². The van der Waals surface area contributed by atoms with E-state index < -0.39 is 5.97 Å². The lowest BCUT2D eigenvalue weighted by Crippen LogP contribution is -2.46. The van der Waals surface area contributed by atoms with Crippen LogP contribution in [0.5, 0.6) is 0 Å². The molecule has 0 aliphatic carbocycles. The van der Waals surface area contributed by atoms with Crippen molar-refractivity contribution in [3.63, 3.8) is 0 Å². The van der Waals surface area contributed by atoms with Crippen molar-refractivity contribution in [3.05, 3.63) is 35.5 Å². The summed E-state index contributed by atoms with van der Waals surface area (Å²) in [6.45, 7) is 6.34. The number of fused-ring (bicyclic) bond motifs is 1. The Hall–Kier alpha value is -2.34. The monoisotopic (exact) mass is 329 g/mol. The van der Waals surface area contributed by atoms with Crippen molar-refractivity contribution in [1.82, 2.24) is 15.2 Å². The molecule has 1 fully saturated rings. The van der Waals surface area contributed by atoms with Gasteiger partial charge in [0.1, 0.15) is 5.69 Å². The van der Waals surface area contributed by atoms with Crippen molar-refractivity contribution >= 4 is 22.8 Å². The van der Waals surface area contributed by atoms with E-state index in [0.717, 1.165) is 25.9 Å². The number of hydrogen-bond donors (Lipinski definition) is 3. The number of aromatic nitrogens is 1. The van der Waals surface area contributed by atoms with Gasteiger partial charge in [-0.15, -0.1) is 0 Å². The summed E-state index contributed by atoms with van der Waals surface area (Å²) in [4.78, 5) is 29.2. The van der Waals surface area contributed by atoms with Crippen molar-refractivity contribution in [1.29, 1.82) is 0 Å². The van der Waals surface area contributed by atoms with E-state index in [4.69, 9.17) is 0 Å². The molecule has 1 aliphatic rings. The van der Waals surface area contributed by atoms with Gasteiger partial charge in [-0.25, -0.2) is 4.79 Å². The molecule has 0 saturated carbocycles. The zero-order chi connectivity index (χ0) is 17.3. The topological polar surface area (TPSA) is 85.4 Å². The Morgan fingerprint density at radius 3 is 2.62 bits per heavy atom. The maximum atomic E-state index is 12.5. The van der Waals surface area contributed by atoms with Gasteiger partial charge in [0.05, 0.1) is 5.56 Å². The van der Waals surface area contributed by atoms with E-state index in [-0.39, 0.29) is 17.5 Å². The van der Waals surface area contributed by atoms with Crippen LogP contribution < -0.4 is 5.32 Å². The number of piperidine rings is 1. The molecule has 128 valence electrons. The highest BCUT2D eigenvalue weighted by atomic mass is 16.4. The summed E-state index contributed by atoms with van der Waals surface area (Å²) in [6.07, 6.45) is 1.87. The van der Waals surface area contributed by atoms with Gasteiger partial charge < -0.3 is 20.3 Å². The third kappa shape index (κ3) is 3.28. The predicted molar refractivity (Wildman–Crippen MR) is 92.5 cm³/mol. The number of carbonyl (C=O) groups is 2. The summed E-state index contributed by atoms with van der Waals surface area (Å²) in [5, 5.41) is 12.9. The summed E-state index contributed by atoms with van der Waals surface area (Å²) in [6, 6.07) is 7.31. The highest BCUT2D eigenvalue weighted by Gasteiger charge is 2.23. The maximum Gasteiger partial charge on any atom is 0.336 e. The van der Waals surface area contributed by atoms with Crippen LogP contribution in [0.2, 0.25) is 0 Å². The van der Waals surface area contributed by atoms with Gasteiger partial charge in [0.15, 0.2) is 0 Å². The van der Waals surface area contributed by atoms with E-state index in [0.29, 0.717) is 22.6 Å². The molecular weight excluding hydrogens is 306 g/mol. The lowest BCUT2D eigenvalue weighted by atomic mass is 10.0. The molecular formula is C18H23N3O3. The summed E-state index contributed by atoms with van der Waals surface area (Å²) >= 11 is 0. The van der Waals surface area contributed by atoms with E-state index in [1.54, 1.807) is 24.3 Å². The lowest BCUT2D eigenvalue weighted by molar-refractivity contribution is 0.0698. The van der Waals surface area contributed by atoms with Gasteiger partial charge in [-0.3, -0.25) is 4.79 Å². The Morgan fingerprint density at radius 1 is 1.29 bits per heavy atom. The zero-order valence-corrected chi connectivity index (χ0v) is 14.0. The van der Waals surface area contributed by atoms with Crippen LogP contribution in [-0.2, 0) is 0 Å². The van der Waals surface area contributed by atoms with Gasteiger partial charge in [-0.05, 0) is 44.9 Å². The number of benzene rings is 1. The molecule has 6 heteroatoms. The van der Waals surface area contributed by atoms with Crippen molar-refractivity contribution in [3.8, 4) is 0 Å². The smallest absolute Gasteiger partial charge is 0.336 e. The van der Waals surface area contributed by atoms with Crippen LogP contribution in [0.3, 0.4) is 0 Å². The summed E-state index contributed by atoms with van der Waals surface area (Å²) < 4.78 is 0. The SMILES string of the molecule is CC(C)N1CCC(NC(=O)c2cc3c(C(=O)O)cccc3[nH]2)CC1. The molecule has 0 atom stereocenters. The molecule has 3 N–H and O–H groups in total. The van der Waals surface area contributed by atoms with Crippen molar-refractivity contribution < 1.29 is 14.7 Å². The average molecular weight is 329 g/mol. The fourth-order valence-corrected chi connectivity index (χ4v) is 3.29. The third-order valence-electron chi connectivity index (χ3n) is 4.73. The molecule has 1 amide bonds. The second kappa shape index (κ2) is 6.65. The van der Waals surface area contributed by atoms with Crippen LogP contribution in [0.4, 0.5) is 0 Å². The first-order chi connectivity index (χ1) is 11.5. The molecule has 2 heterocycles. The minimum Gasteiger partial charge on any atom is -0.478 e. The third-order valence-corrected chi connectivity index (χ3v) is 4.73. The van der Waals surface area contributed by atoms with Gasteiger partial charge in [-0.2, -0.15) is 0 Å². The largest absolute Gasteiger partial charge is 0.478 e. The molecule has 0 spiro atoms. The molecule has 1 saturated heterocycles. The molecule has 0 unspecified atom stereocenters. The molecule has 0 bridgehead atoms. The van der Waals surface area contributed by atoms with Gasteiger partial charge in [0, 0.05) is 36.1 Å². The molecule has 1 aromatic heterocycles. The highest BCUT2D eigenvalue weighted by molar-refractivity contribution is 6.06. The minimum absolute atomic E-state index is 0.165. The number of carbonyl (C=O) groups excluding carboxylic acids is 1. The highest BCUT2D eigenvalue weighted by Crippen LogP contribution is 2.21. The second-order valence-electron chi connectivity index (χ2n) is 6.63. The molecule has 2 aromatic rings. The van der Waals surface area contributed by atoms with Crippen LogP contribution in [0.1, 0.15) is 47.5 Å². The Balaban J connectivity index is 1.71. The molecule has 24 heavy (non-hydrogen) atoms. The second-order valence-corrected chi connectivity index (χ2v) is 6.63.